The number of carbonyl (C=O) groups excluding carboxylic acids is 1. The fraction of sp³-hybridized carbons (Fsp3) is 0.250. The van der Waals surface area contributed by atoms with Gasteiger partial charge in [-0.25, -0.2) is 4.98 Å². The Morgan fingerprint density at radius 3 is 2.95 bits per heavy atom. The molecule has 1 heterocycles. The third-order valence-electron chi connectivity index (χ3n) is 2.94. The van der Waals surface area contributed by atoms with Crippen molar-refractivity contribution in [3.63, 3.8) is 0 Å². The summed E-state index contributed by atoms with van der Waals surface area (Å²) in [5.74, 6) is -0.106. The van der Waals surface area contributed by atoms with E-state index in [-0.39, 0.29) is 5.91 Å². The van der Waals surface area contributed by atoms with Crippen molar-refractivity contribution in [1.82, 2.24) is 10.3 Å². The molecule has 1 amide bonds. The second-order valence-electron chi connectivity index (χ2n) is 4.47. The van der Waals surface area contributed by atoms with Crippen LogP contribution in [0.1, 0.15) is 29.4 Å². The van der Waals surface area contributed by atoms with E-state index in [0.29, 0.717) is 12.2 Å². The highest BCUT2D eigenvalue weighted by molar-refractivity contribution is 7.13. The number of nitrogens with one attached hydrogen (secondary N) is 1. The molecular weight excluding hydrogens is 268 g/mol. The summed E-state index contributed by atoms with van der Waals surface area (Å²) in [7, 11) is 0. The molecule has 0 radical (unpaired) electrons. The summed E-state index contributed by atoms with van der Waals surface area (Å²) in [5, 5.41) is 5.57. The lowest BCUT2D eigenvalue weighted by molar-refractivity contribution is 0.0950. The van der Waals surface area contributed by atoms with Gasteiger partial charge in [0, 0.05) is 17.5 Å². The summed E-state index contributed by atoms with van der Waals surface area (Å²) in [6.45, 7) is 4.66. The Hall–Kier alpha value is -1.94. The molecule has 1 aromatic carbocycles. The molecule has 0 bridgehead atoms. The number of hydrogen-bond donors (Lipinski definition) is 1. The van der Waals surface area contributed by atoms with Gasteiger partial charge in [-0.15, -0.1) is 11.3 Å². The molecule has 0 aliphatic carbocycles. The van der Waals surface area contributed by atoms with Gasteiger partial charge in [-0.05, 0) is 25.8 Å². The standard InChI is InChI=1S/C16H18N2OS/c1-3-4-7-10-17-15(19)14-11-20-16(18-14)13-9-6-5-8-12(13)2/h3-6,8-9,11H,7,10H2,1-2H3,(H,17,19)/b4-3+. The molecule has 2 aromatic rings. The van der Waals surface area contributed by atoms with Gasteiger partial charge >= 0.3 is 0 Å². The zero-order valence-corrected chi connectivity index (χ0v) is 12.5. The maximum absolute atomic E-state index is 11.9. The highest BCUT2D eigenvalue weighted by Gasteiger charge is 2.12. The molecule has 0 aliphatic heterocycles. The predicted molar refractivity (Wildman–Crippen MR) is 84.1 cm³/mol. The van der Waals surface area contributed by atoms with Crippen LogP contribution >= 0.6 is 11.3 Å². The third kappa shape index (κ3) is 3.54. The van der Waals surface area contributed by atoms with Crippen molar-refractivity contribution < 1.29 is 4.79 Å². The summed E-state index contributed by atoms with van der Waals surface area (Å²) >= 11 is 1.50. The maximum atomic E-state index is 11.9. The zero-order valence-electron chi connectivity index (χ0n) is 11.7. The Bertz CT molecular complexity index is 616. The first-order chi connectivity index (χ1) is 9.72. The summed E-state index contributed by atoms with van der Waals surface area (Å²) in [5.41, 5.74) is 2.75. The first-order valence-corrected chi connectivity index (χ1v) is 7.51. The fourth-order valence-electron chi connectivity index (χ4n) is 1.84. The second-order valence-corrected chi connectivity index (χ2v) is 5.32. The summed E-state index contributed by atoms with van der Waals surface area (Å²) in [6.07, 6.45) is 4.85. The van der Waals surface area contributed by atoms with Crippen LogP contribution in [-0.4, -0.2) is 17.4 Å². The predicted octanol–water partition coefficient (Wildman–Crippen LogP) is 3.81. The molecule has 20 heavy (non-hydrogen) atoms. The lowest BCUT2D eigenvalue weighted by Crippen LogP contribution is -2.24. The molecule has 1 aromatic heterocycles. The van der Waals surface area contributed by atoms with Crippen molar-refractivity contribution in [2.24, 2.45) is 0 Å². The van der Waals surface area contributed by atoms with Crippen LogP contribution in [0, 0.1) is 6.92 Å². The van der Waals surface area contributed by atoms with E-state index < -0.39 is 0 Å². The van der Waals surface area contributed by atoms with Crippen molar-refractivity contribution >= 4 is 17.2 Å². The zero-order chi connectivity index (χ0) is 14.4. The highest BCUT2D eigenvalue weighted by atomic mass is 32.1. The Labute approximate surface area is 123 Å². The summed E-state index contributed by atoms with van der Waals surface area (Å²) in [4.78, 5) is 16.4. The molecule has 0 aliphatic rings. The van der Waals surface area contributed by atoms with Crippen molar-refractivity contribution in [1.29, 1.82) is 0 Å². The second kappa shape index (κ2) is 7.01. The van der Waals surface area contributed by atoms with Gasteiger partial charge in [-0.1, -0.05) is 36.4 Å². The molecule has 104 valence electrons. The van der Waals surface area contributed by atoms with Crippen LogP contribution in [0.15, 0.2) is 41.8 Å². The number of allylic oxidation sites excluding steroid dienone is 1. The van der Waals surface area contributed by atoms with Gasteiger partial charge in [-0.2, -0.15) is 0 Å². The van der Waals surface area contributed by atoms with Gasteiger partial charge in [-0.3, -0.25) is 4.79 Å². The Morgan fingerprint density at radius 1 is 1.40 bits per heavy atom. The molecule has 0 fully saturated rings. The average Bonchev–Trinajstić information content (AvgIpc) is 2.93. The topological polar surface area (TPSA) is 42.0 Å². The molecule has 3 nitrogen and oxygen atoms in total. The highest BCUT2D eigenvalue weighted by Crippen LogP contribution is 2.26. The normalized spacial score (nSPS) is 10.9. The number of aromatic nitrogens is 1. The molecule has 4 heteroatoms. The number of carbonyl (C=O) groups is 1. The van der Waals surface area contributed by atoms with Gasteiger partial charge < -0.3 is 5.32 Å². The largest absolute Gasteiger partial charge is 0.350 e. The van der Waals surface area contributed by atoms with Gasteiger partial charge in [0.25, 0.3) is 5.91 Å². The van der Waals surface area contributed by atoms with Gasteiger partial charge in [0.15, 0.2) is 0 Å². The van der Waals surface area contributed by atoms with Crippen LogP contribution in [0.25, 0.3) is 10.6 Å². The van der Waals surface area contributed by atoms with Crippen LogP contribution in [0.4, 0.5) is 0 Å². The summed E-state index contributed by atoms with van der Waals surface area (Å²) in [6, 6.07) is 8.07. The molecule has 2 rings (SSSR count). The van der Waals surface area contributed by atoms with Crippen LogP contribution in [0.3, 0.4) is 0 Å². The monoisotopic (exact) mass is 286 g/mol. The van der Waals surface area contributed by atoms with E-state index in [9.17, 15) is 4.79 Å². The lowest BCUT2D eigenvalue weighted by atomic mass is 10.1. The number of thiazole rings is 1. The molecule has 1 N–H and O–H groups in total. The third-order valence-corrected chi connectivity index (χ3v) is 3.82. The summed E-state index contributed by atoms with van der Waals surface area (Å²) < 4.78 is 0. The quantitative estimate of drug-likeness (QED) is 0.670. The molecule has 0 atom stereocenters. The molecule has 0 spiro atoms. The minimum atomic E-state index is -0.106. The number of rotatable bonds is 5. The van der Waals surface area contributed by atoms with Crippen LogP contribution < -0.4 is 5.32 Å². The van der Waals surface area contributed by atoms with Crippen LogP contribution in [0.2, 0.25) is 0 Å². The smallest absolute Gasteiger partial charge is 0.270 e. The van der Waals surface area contributed by atoms with Crippen molar-refractivity contribution in [2.75, 3.05) is 6.54 Å². The Balaban J connectivity index is 2.05. The SMILES string of the molecule is C/C=C/CCNC(=O)c1csc(-c2ccccc2C)n1. The van der Waals surface area contributed by atoms with E-state index >= 15 is 0 Å². The van der Waals surface area contributed by atoms with Crippen molar-refractivity contribution in [3.8, 4) is 10.6 Å². The first-order valence-electron chi connectivity index (χ1n) is 6.63. The maximum Gasteiger partial charge on any atom is 0.270 e. The number of amides is 1. The lowest BCUT2D eigenvalue weighted by Gasteiger charge is -2.01. The minimum Gasteiger partial charge on any atom is -0.350 e. The van der Waals surface area contributed by atoms with Crippen molar-refractivity contribution in [3.05, 3.63) is 53.1 Å². The Morgan fingerprint density at radius 2 is 2.20 bits per heavy atom. The number of benzene rings is 1. The Kier molecular flexibility index (Phi) is 5.07. The molecule has 0 saturated heterocycles. The van der Waals surface area contributed by atoms with E-state index in [2.05, 4.69) is 10.3 Å². The number of aryl methyl sites for hydroxylation is 1. The molecule has 0 unspecified atom stereocenters. The number of nitrogens with zero attached hydrogens (tertiary/aromatic N) is 1. The van der Waals surface area contributed by atoms with Gasteiger partial charge in [0.2, 0.25) is 0 Å². The van der Waals surface area contributed by atoms with E-state index in [1.807, 2.05) is 55.6 Å². The van der Waals surface area contributed by atoms with E-state index in [1.165, 1.54) is 16.9 Å². The molecular formula is C16H18N2OS. The van der Waals surface area contributed by atoms with E-state index in [4.69, 9.17) is 0 Å². The van der Waals surface area contributed by atoms with Gasteiger partial charge in [0.05, 0.1) is 0 Å². The van der Waals surface area contributed by atoms with Crippen molar-refractivity contribution in [2.45, 2.75) is 20.3 Å². The van der Waals surface area contributed by atoms with Crippen LogP contribution in [0.5, 0.6) is 0 Å². The van der Waals surface area contributed by atoms with E-state index in [0.717, 1.165) is 17.0 Å². The average molecular weight is 286 g/mol. The fourth-order valence-corrected chi connectivity index (χ4v) is 2.73. The first kappa shape index (κ1) is 14.5. The molecule has 0 saturated carbocycles. The van der Waals surface area contributed by atoms with E-state index in [1.54, 1.807) is 0 Å². The van der Waals surface area contributed by atoms with Gasteiger partial charge in [0.1, 0.15) is 10.7 Å². The number of hydrogen-bond acceptors (Lipinski definition) is 3. The minimum absolute atomic E-state index is 0.106. The van der Waals surface area contributed by atoms with Crippen LogP contribution in [-0.2, 0) is 0 Å².